The van der Waals surface area contributed by atoms with Crippen molar-refractivity contribution in [3.05, 3.63) is 78.8 Å². The number of allylic oxidation sites excluding steroid dienone is 2. The monoisotopic (exact) mass is 407 g/mol. The molecule has 0 bridgehead atoms. The first-order valence-corrected chi connectivity index (χ1v) is 9.36. The number of rotatable bonds is 5. The molecule has 0 aliphatic carbocycles. The molecule has 2 aromatic heterocycles. The first-order valence-electron chi connectivity index (χ1n) is 9.36. The van der Waals surface area contributed by atoms with Gasteiger partial charge in [-0.2, -0.15) is 13.9 Å². The maximum atomic E-state index is 12.8. The van der Waals surface area contributed by atoms with Crippen molar-refractivity contribution in [3.8, 4) is 23.0 Å². The molecule has 0 unspecified atom stereocenters. The minimum atomic E-state index is -2.58. The summed E-state index contributed by atoms with van der Waals surface area (Å²) in [6, 6.07) is 11.3. The molecule has 4 nitrogen and oxygen atoms in total. The fourth-order valence-electron chi connectivity index (χ4n) is 2.94. The molecule has 3 aromatic rings. The number of fused-ring (bicyclic) bond motifs is 1. The molecular formula is C24H23F2N3O. The van der Waals surface area contributed by atoms with Crippen LogP contribution in [0.3, 0.4) is 0 Å². The van der Waals surface area contributed by atoms with Crippen LogP contribution >= 0.6 is 0 Å². The number of aromatic nitrogens is 2. The van der Waals surface area contributed by atoms with E-state index in [4.69, 9.17) is 0 Å². The van der Waals surface area contributed by atoms with Gasteiger partial charge in [-0.15, -0.1) is 0 Å². The van der Waals surface area contributed by atoms with Gasteiger partial charge in [0.15, 0.2) is 0 Å². The van der Waals surface area contributed by atoms with Gasteiger partial charge in [0.25, 0.3) is 0 Å². The van der Waals surface area contributed by atoms with Crippen LogP contribution in [0.4, 0.5) is 8.78 Å². The van der Waals surface area contributed by atoms with Crippen molar-refractivity contribution in [2.24, 2.45) is 0 Å². The number of benzene rings is 1. The van der Waals surface area contributed by atoms with E-state index in [1.165, 1.54) is 13.2 Å². The minimum Gasteiger partial charge on any atom is -0.378 e. The lowest BCUT2D eigenvalue weighted by atomic mass is 10.00. The number of nitrogens with zero attached hydrogens (tertiary/aromatic N) is 3. The summed E-state index contributed by atoms with van der Waals surface area (Å²) >= 11 is 0. The molecule has 30 heavy (non-hydrogen) atoms. The predicted octanol–water partition coefficient (Wildman–Crippen LogP) is 4.81. The van der Waals surface area contributed by atoms with E-state index >= 15 is 0 Å². The Balaban J connectivity index is 2.03. The Bertz CT molecular complexity index is 1140. The smallest absolute Gasteiger partial charge is 0.314 e. The van der Waals surface area contributed by atoms with Crippen LogP contribution in [0.2, 0.25) is 0 Å². The van der Waals surface area contributed by atoms with E-state index in [0.29, 0.717) is 5.57 Å². The lowest BCUT2D eigenvalue weighted by Gasteiger charge is -2.14. The van der Waals surface area contributed by atoms with Crippen LogP contribution in [0.25, 0.3) is 22.2 Å². The zero-order valence-electron chi connectivity index (χ0n) is 17.1. The van der Waals surface area contributed by atoms with Crippen molar-refractivity contribution in [3.63, 3.8) is 0 Å². The number of alkyl halides is 2. The van der Waals surface area contributed by atoms with Gasteiger partial charge in [0.05, 0.1) is 17.3 Å². The third-order valence-corrected chi connectivity index (χ3v) is 4.44. The first kappa shape index (κ1) is 21.3. The Morgan fingerprint density at radius 1 is 1.27 bits per heavy atom. The van der Waals surface area contributed by atoms with Crippen LogP contribution in [0, 0.1) is 11.8 Å². The first-order chi connectivity index (χ1) is 14.2. The fraction of sp³-hybridized carbons (Fsp3) is 0.208. The molecule has 0 atom stereocenters. The van der Waals surface area contributed by atoms with Crippen LogP contribution in [-0.2, 0) is 0 Å². The molecule has 1 aromatic carbocycles. The van der Waals surface area contributed by atoms with Crippen molar-refractivity contribution in [1.82, 2.24) is 14.5 Å². The SMILES string of the molecule is C=C/C(=C\N(C)C(F)F)c1ccc(-c2cnn3cccc(C#CC(C)(C)O)c23)cc1. The summed E-state index contributed by atoms with van der Waals surface area (Å²) in [6.07, 6.45) is 6.51. The van der Waals surface area contributed by atoms with Crippen molar-refractivity contribution in [2.75, 3.05) is 7.05 Å². The molecule has 0 fully saturated rings. The highest BCUT2D eigenvalue weighted by Gasteiger charge is 2.12. The molecule has 0 saturated carbocycles. The van der Waals surface area contributed by atoms with Gasteiger partial charge in [0.2, 0.25) is 0 Å². The van der Waals surface area contributed by atoms with Crippen LogP contribution in [0.15, 0.2) is 67.6 Å². The van der Waals surface area contributed by atoms with Crippen molar-refractivity contribution in [2.45, 2.75) is 26.0 Å². The average molecular weight is 407 g/mol. The Labute approximate surface area is 174 Å². The molecule has 0 aliphatic heterocycles. The fourth-order valence-corrected chi connectivity index (χ4v) is 2.94. The minimum absolute atomic E-state index is 0.598. The maximum absolute atomic E-state index is 12.8. The van der Waals surface area contributed by atoms with Gasteiger partial charge in [-0.25, -0.2) is 4.52 Å². The second-order valence-electron chi connectivity index (χ2n) is 7.39. The van der Waals surface area contributed by atoms with Gasteiger partial charge in [0.1, 0.15) is 5.60 Å². The second-order valence-corrected chi connectivity index (χ2v) is 7.39. The van der Waals surface area contributed by atoms with Gasteiger partial charge in [-0.3, -0.25) is 0 Å². The average Bonchev–Trinajstić information content (AvgIpc) is 3.14. The molecule has 2 heterocycles. The molecule has 6 heteroatoms. The summed E-state index contributed by atoms with van der Waals surface area (Å²) < 4.78 is 27.4. The summed E-state index contributed by atoms with van der Waals surface area (Å²) in [6.45, 7) is 4.41. The summed E-state index contributed by atoms with van der Waals surface area (Å²) in [5.74, 6) is 5.87. The number of aliphatic hydroxyl groups is 1. The maximum Gasteiger partial charge on any atom is 0.314 e. The quantitative estimate of drug-likeness (QED) is 0.375. The molecule has 0 radical (unpaired) electrons. The highest BCUT2D eigenvalue weighted by Crippen LogP contribution is 2.28. The van der Waals surface area contributed by atoms with Crippen molar-refractivity contribution in [1.29, 1.82) is 0 Å². The van der Waals surface area contributed by atoms with Crippen LogP contribution in [0.5, 0.6) is 0 Å². The van der Waals surface area contributed by atoms with Crippen LogP contribution in [-0.4, -0.2) is 38.8 Å². The van der Waals surface area contributed by atoms with Crippen LogP contribution in [0.1, 0.15) is 25.0 Å². The summed E-state index contributed by atoms with van der Waals surface area (Å²) in [4.78, 5) is 0.837. The molecule has 0 spiro atoms. The number of halogens is 2. The summed E-state index contributed by atoms with van der Waals surface area (Å²) in [5, 5.41) is 14.3. The van der Waals surface area contributed by atoms with E-state index in [-0.39, 0.29) is 0 Å². The summed E-state index contributed by atoms with van der Waals surface area (Å²) in [5.41, 5.74) is 3.65. The van der Waals surface area contributed by atoms with E-state index in [1.807, 2.05) is 42.6 Å². The number of hydrogen-bond donors (Lipinski definition) is 1. The number of pyridine rings is 1. The zero-order chi connectivity index (χ0) is 21.9. The Morgan fingerprint density at radius 2 is 1.97 bits per heavy atom. The molecule has 1 N–H and O–H groups in total. The van der Waals surface area contributed by atoms with E-state index in [2.05, 4.69) is 23.5 Å². The van der Waals surface area contributed by atoms with Crippen molar-refractivity contribution >= 4 is 11.1 Å². The van der Waals surface area contributed by atoms with E-state index in [1.54, 1.807) is 30.6 Å². The third-order valence-electron chi connectivity index (χ3n) is 4.44. The zero-order valence-corrected chi connectivity index (χ0v) is 17.1. The van der Waals surface area contributed by atoms with Crippen LogP contribution < -0.4 is 0 Å². The van der Waals surface area contributed by atoms with E-state index < -0.39 is 12.2 Å². The van der Waals surface area contributed by atoms with Gasteiger partial charge in [0, 0.05) is 25.0 Å². The summed E-state index contributed by atoms with van der Waals surface area (Å²) in [7, 11) is 1.32. The highest BCUT2D eigenvalue weighted by atomic mass is 19.3. The predicted molar refractivity (Wildman–Crippen MR) is 116 cm³/mol. The van der Waals surface area contributed by atoms with E-state index in [0.717, 1.165) is 32.7 Å². The third kappa shape index (κ3) is 4.76. The van der Waals surface area contributed by atoms with Gasteiger partial charge >= 0.3 is 6.55 Å². The molecule has 154 valence electrons. The second kappa shape index (κ2) is 8.52. The topological polar surface area (TPSA) is 40.8 Å². The largest absolute Gasteiger partial charge is 0.378 e. The standard InChI is InChI=1S/C24H23F2N3O/c1-5-17(16-28(4)23(25)26)18-8-10-19(11-9-18)21-15-27-29-14-6-7-20(22(21)29)12-13-24(2,3)30/h5-11,14-16,23,30H,1H2,2-4H3/b17-16+. The number of hydrogen-bond acceptors (Lipinski definition) is 3. The molecule has 3 rings (SSSR count). The van der Waals surface area contributed by atoms with Crippen molar-refractivity contribution < 1.29 is 13.9 Å². The molecule has 0 amide bonds. The van der Waals surface area contributed by atoms with Gasteiger partial charge in [-0.1, -0.05) is 48.8 Å². The molecule has 0 aliphatic rings. The highest BCUT2D eigenvalue weighted by molar-refractivity contribution is 5.85. The van der Waals surface area contributed by atoms with E-state index in [9.17, 15) is 13.9 Å². The molecular weight excluding hydrogens is 384 g/mol. The normalized spacial score (nSPS) is 12.0. The van der Waals surface area contributed by atoms with Gasteiger partial charge < -0.3 is 10.0 Å². The Hall–Kier alpha value is -3.43. The lowest BCUT2D eigenvalue weighted by Crippen LogP contribution is -2.17. The van der Waals surface area contributed by atoms with Gasteiger partial charge in [-0.05, 0) is 42.7 Å². The molecule has 0 saturated heterocycles. The Kier molecular flexibility index (Phi) is 6.04. The lowest BCUT2D eigenvalue weighted by molar-refractivity contribution is 0.0231. The Morgan fingerprint density at radius 3 is 2.57 bits per heavy atom.